The van der Waals surface area contributed by atoms with Crippen molar-refractivity contribution in [3.05, 3.63) is 70.8 Å². The second-order valence-corrected chi connectivity index (χ2v) is 8.64. The molecule has 0 unspecified atom stereocenters. The van der Waals surface area contributed by atoms with Crippen LogP contribution < -0.4 is 5.73 Å². The van der Waals surface area contributed by atoms with Crippen molar-refractivity contribution in [1.29, 1.82) is 0 Å². The molecule has 0 aliphatic carbocycles. The highest BCUT2D eigenvalue weighted by Gasteiger charge is 2.40. The third-order valence-corrected chi connectivity index (χ3v) is 6.10. The molecule has 2 aromatic rings. The first-order valence-electron chi connectivity index (χ1n) is 10.9. The van der Waals surface area contributed by atoms with Crippen LogP contribution in [0.2, 0.25) is 0 Å². The summed E-state index contributed by atoms with van der Waals surface area (Å²) in [4.78, 5) is 39.1. The lowest BCUT2D eigenvalue weighted by molar-refractivity contribution is -0.147. The number of rotatable bonds is 4. The molecule has 0 bridgehead atoms. The standard InChI is InChI=1S/C24H23F6N3O3/c1-32(12-14-9-16(23(25,26)27)11-17(10-14)24(28,29)30)21(35)18-7-8-33(22(36)20(31)34)13-19(18)15-5-3-2-4-6-15/h2-6,9-11,18-19H,7-8,12-13H2,1H3,(H2,31,34)/t18-,19+/m1/s1. The number of hydrogen-bond acceptors (Lipinski definition) is 3. The highest BCUT2D eigenvalue weighted by molar-refractivity contribution is 6.34. The Morgan fingerprint density at radius 2 is 1.53 bits per heavy atom. The van der Waals surface area contributed by atoms with E-state index in [1.54, 1.807) is 30.3 Å². The van der Waals surface area contributed by atoms with Crippen molar-refractivity contribution in [3.63, 3.8) is 0 Å². The van der Waals surface area contributed by atoms with Crippen LogP contribution in [0.5, 0.6) is 0 Å². The highest BCUT2D eigenvalue weighted by Crippen LogP contribution is 2.37. The normalized spacial score (nSPS) is 18.6. The van der Waals surface area contributed by atoms with Crippen LogP contribution in [0.15, 0.2) is 48.5 Å². The molecule has 3 rings (SSSR count). The van der Waals surface area contributed by atoms with Gasteiger partial charge in [0.05, 0.1) is 11.1 Å². The van der Waals surface area contributed by atoms with Gasteiger partial charge in [0.25, 0.3) is 0 Å². The number of nitrogens with zero attached hydrogens (tertiary/aromatic N) is 2. The van der Waals surface area contributed by atoms with E-state index in [2.05, 4.69) is 0 Å². The number of piperidine rings is 1. The van der Waals surface area contributed by atoms with E-state index in [9.17, 15) is 40.7 Å². The number of alkyl halides is 6. The van der Waals surface area contributed by atoms with Gasteiger partial charge in [-0.3, -0.25) is 14.4 Å². The monoisotopic (exact) mass is 515 g/mol. The van der Waals surface area contributed by atoms with Gasteiger partial charge in [-0.2, -0.15) is 26.3 Å². The second kappa shape index (κ2) is 10.2. The molecule has 6 nitrogen and oxygen atoms in total. The molecule has 2 N–H and O–H groups in total. The number of benzene rings is 2. The summed E-state index contributed by atoms with van der Waals surface area (Å²) in [7, 11) is 1.29. The fraction of sp³-hybridized carbons (Fsp3) is 0.375. The number of nitrogens with two attached hydrogens (primary N) is 1. The molecule has 2 aromatic carbocycles. The molecule has 0 radical (unpaired) electrons. The molecule has 2 atom stereocenters. The summed E-state index contributed by atoms with van der Waals surface area (Å²) in [6.45, 7) is -0.456. The third-order valence-electron chi connectivity index (χ3n) is 6.10. The number of amides is 3. The number of carbonyl (C=O) groups excluding carboxylic acids is 3. The molecule has 36 heavy (non-hydrogen) atoms. The van der Waals surface area contributed by atoms with E-state index in [1.807, 2.05) is 0 Å². The van der Waals surface area contributed by atoms with Crippen molar-refractivity contribution in [2.24, 2.45) is 11.7 Å². The van der Waals surface area contributed by atoms with Crippen molar-refractivity contribution in [3.8, 4) is 0 Å². The van der Waals surface area contributed by atoms with E-state index in [0.717, 1.165) is 4.90 Å². The quantitative estimate of drug-likeness (QED) is 0.497. The van der Waals surface area contributed by atoms with Gasteiger partial charge in [0.1, 0.15) is 0 Å². The van der Waals surface area contributed by atoms with Gasteiger partial charge in [-0.1, -0.05) is 30.3 Å². The van der Waals surface area contributed by atoms with Crippen molar-refractivity contribution >= 4 is 17.7 Å². The molecule has 1 aliphatic heterocycles. The molecule has 12 heteroatoms. The maximum atomic E-state index is 13.3. The number of hydrogen-bond donors (Lipinski definition) is 1. The van der Waals surface area contributed by atoms with Crippen LogP contribution >= 0.6 is 0 Å². The zero-order valence-corrected chi connectivity index (χ0v) is 19.1. The largest absolute Gasteiger partial charge is 0.416 e. The Hall–Kier alpha value is -3.57. The SMILES string of the molecule is CN(Cc1cc(C(F)(F)F)cc(C(F)(F)F)c1)C(=O)[C@@H]1CCN(C(=O)C(N)=O)C[C@H]1c1ccccc1. The average molecular weight is 515 g/mol. The molecule has 0 saturated carbocycles. The minimum absolute atomic E-state index is 0.00217. The van der Waals surface area contributed by atoms with E-state index < -0.39 is 59.6 Å². The minimum atomic E-state index is -5.00. The zero-order chi connectivity index (χ0) is 26.8. The Morgan fingerprint density at radius 1 is 0.972 bits per heavy atom. The van der Waals surface area contributed by atoms with E-state index >= 15 is 0 Å². The molecule has 3 amide bonds. The van der Waals surface area contributed by atoms with Crippen LogP contribution in [0.25, 0.3) is 0 Å². The van der Waals surface area contributed by atoms with Gasteiger partial charge in [-0.15, -0.1) is 0 Å². The molecule has 1 heterocycles. The lowest BCUT2D eigenvalue weighted by Gasteiger charge is -2.39. The van der Waals surface area contributed by atoms with Gasteiger partial charge < -0.3 is 15.5 Å². The summed E-state index contributed by atoms with van der Waals surface area (Å²) in [5.41, 5.74) is 2.53. The van der Waals surface area contributed by atoms with Crippen molar-refractivity contribution in [1.82, 2.24) is 9.80 Å². The number of carbonyl (C=O) groups is 3. The lowest BCUT2D eigenvalue weighted by Crippen LogP contribution is -2.50. The van der Waals surface area contributed by atoms with Gasteiger partial charge in [-0.25, -0.2) is 0 Å². The predicted molar refractivity (Wildman–Crippen MR) is 116 cm³/mol. The Labute approximate surface area is 202 Å². The van der Waals surface area contributed by atoms with Gasteiger partial charge in [0.2, 0.25) is 5.91 Å². The molecular formula is C24H23F6N3O3. The smallest absolute Gasteiger partial charge is 0.361 e. The summed E-state index contributed by atoms with van der Waals surface area (Å²) < 4.78 is 79.2. The summed E-state index contributed by atoms with van der Waals surface area (Å²) >= 11 is 0. The van der Waals surface area contributed by atoms with Crippen LogP contribution in [0.3, 0.4) is 0 Å². The number of primary amides is 1. The van der Waals surface area contributed by atoms with E-state index in [-0.39, 0.29) is 31.1 Å². The molecule has 1 aliphatic rings. The topological polar surface area (TPSA) is 83.7 Å². The first kappa shape index (κ1) is 27.0. The van der Waals surface area contributed by atoms with E-state index in [4.69, 9.17) is 5.73 Å². The van der Waals surface area contributed by atoms with E-state index in [1.165, 1.54) is 11.9 Å². The molecule has 0 spiro atoms. The van der Waals surface area contributed by atoms with Crippen LogP contribution in [-0.2, 0) is 33.3 Å². The zero-order valence-electron chi connectivity index (χ0n) is 19.1. The van der Waals surface area contributed by atoms with Crippen LogP contribution in [-0.4, -0.2) is 47.7 Å². The molecule has 1 saturated heterocycles. The highest BCUT2D eigenvalue weighted by atomic mass is 19.4. The van der Waals surface area contributed by atoms with Gasteiger partial charge in [-0.05, 0) is 35.7 Å². The Balaban J connectivity index is 1.88. The first-order chi connectivity index (χ1) is 16.7. The fourth-order valence-electron chi connectivity index (χ4n) is 4.37. The Kier molecular flexibility index (Phi) is 7.65. The predicted octanol–water partition coefficient (Wildman–Crippen LogP) is 3.80. The van der Waals surface area contributed by atoms with E-state index in [0.29, 0.717) is 17.7 Å². The third kappa shape index (κ3) is 6.16. The summed E-state index contributed by atoms with van der Waals surface area (Å²) in [5.74, 6) is -3.86. The summed E-state index contributed by atoms with van der Waals surface area (Å²) in [6.07, 6.45) is -9.88. The van der Waals surface area contributed by atoms with Gasteiger partial charge in [0, 0.05) is 38.5 Å². The van der Waals surface area contributed by atoms with Gasteiger partial charge in [0.15, 0.2) is 0 Å². The maximum absolute atomic E-state index is 13.3. The van der Waals surface area contributed by atoms with Crippen LogP contribution in [0, 0.1) is 5.92 Å². The molecule has 194 valence electrons. The van der Waals surface area contributed by atoms with Gasteiger partial charge >= 0.3 is 24.2 Å². The average Bonchev–Trinajstić information content (AvgIpc) is 2.82. The molecular weight excluding hydrogens is 492 g/mol. The second-order valence-electron chi connectivity index (χ2n) is 8.64. The van der Waals surface area contributed by atoms with Crippen LogP contribution in [0.4, 0.5) is 26.3 Å². The van der Waals surface area contributed by atoms with Crippen molar-refractivity contribution in [2.75, 3.05) is 20.1 Å². The van der Waals surface area contributed by atoms with Crippen LogP contribution in [0.1, 0.15) is 34.6 Å². The Morgan fingerprint density at radius 3 is 2.03 bits per heavy atom. The van der Waals surface area contributed by atoms with Crippen molar-refractivity contribution in [2.45, 2.75) is 31.2 Å². The lowest BCUT2D eigenvalue weighted by atomic mass is 9.79. The summed E-state index contributed by atoms with van der Waals surface area (Å²) in [6, 6.07) is 9.84. The molecule has 1 fully saturated rings. The summed E-state index contributed by atoms with van der Waals surface area (Å²) in [5, 5.41) is 0. The Bertz CT molecular complexity index is 1100. The number of halogens is 6. The molecule has 0 aromatic heterocycles. The number of likely N-dealkylation sites (tertiary alicyclic amines) is 1. The fourth-order valence-corrected chi connectivity index (χ4v) is 4.37. The minimum Gasteiger partial charge on any atom is -0.361 e. The first-order valence-corrected chi connectivity index (χ1v) is 10.9. The van der Waals surface area contributed by atoms with Crippen molar-refractivity contribution < 1.29 is 40.7 Å². The maximum Gasteiger partial charge on any atom is 0.416 e.